The second-order valence-electron chi connectivity index (χ2n) is 6.83. The summed E-state index contributed by atoms with van der Waals surface area (Å²) in [6, 6.07) is 17.4. The van der Waals surface area contributed by atoms with Crippen LogP contribution in [0.3, 0.4) is 0 Å². The third kappa shape index (κ3) is 6.37. The van der Waals surface area contributed by atoms with E-state index in [0.717, 1.165) is 12.0 Å². The number of nitrogens with one attached hydrogen (secondary N) is 2. The van der Waals surface area contributed by atoms with E-state index in [9.17, 15) is 13.2 Å². The molecule has 0 unspecified atom stereocenters. The maximum Gasteiger partial charge on any atom is 0.573 e. The van der Waals surface area contributed by atoms with Crippen LogP contribution in [0.5, 0.6) is 5.75 Å². The lowest BCUT2D eigenvalue weighted by Crippen LogP contribution is -2.17. The van der Waals surface area contributed by atoms with Crippen LogP contribution in [0, 0.1) is 0 Å². The van der Waals surface area contributed by atoms with E-state index in [1.54, 1.807) is 12.1 Å². The van der Waals surface area contributed by atoms with Gasteiger partial charge in [-0.25, -0.2) is 4.98 Å². The van der Waals surface area contributed by atoms with Crippen LogP contribution in [0.4, 0.5) is 24.9 Å². The van der Waals surface area contributed by atoms with E-state index in [-0.39, 0.29) is 11.8 Å². The van der Waals surface area contributed by atoms with Gasteiger partial charge in [0.05, 0.1) is 5.69 Å². The molecular weight excluding hydrogens is 393 g/mol. The SMILES string of the molecule is CC[C@@H](C)Nc1nc(NCc2ccccc2)cc(-c2cccc(OC(F)(F)F)c2)n1. The van der Waals surface area contributed by atoms with Gasteiger partial charge in [0.25, 0.3) is 0 Å². The summed E-state index contributed by atoms with van der Waals surface area (Å²) in [5, 5.41) is 6.47. The minimum atomic E-state index is -4.75. The van der Waals surface area contributed by atoms with Gasteiger partial charge < -0.3 is 15.4 Å². The van der Waals surface area contributed by atoms with Gasteiger partial charge in [0.1, 0.15) is 11.6 Å². The highest BCUT2D eigenvalue weighted by atomic mass is 19.4. The molecule has 3 aromatic rings. The van der Waals surface area contributed by atoms with Gasteiger partial charge in [-0.05, 0) is 31.0 Å². The van der Waals surface area contributed by atoms with Gasteiger partial charge in [-0.15, -0.1) is 13.2 Å². The summed E-state index contributed by atoms with van der Waals surface area (Å²) in [5.74, 6) is 0.671. The second kappa shape index (κ2) is 9.47. The Bertz CT molecular complexity index is 964. The van der Waals surface area contributed by atoms with Gasteiger partial charge in [-0.3, -0.25) is 0 Å². The van der Waals surface area contributed by atoms with Crippen molar-refractivity contribution < 1.29 is 17.9 Å². The zero-order valence-electron chi connectivity index (χ0n) is 16.7. The number of hydrogen-bond donors (Lipinski definition) is 2. The zero-order chi connectivity index (χ0) is 21.6. The molecule has 1 aromatic heterocycles. The molecule has 30 heavy (non-hydrogen) atoms. The Kier molecular flexibility index (Phi) is 6.76. The lowest BCUT2D eigenvalue weighted by molar-refractivity contribution is -0.274. The molecule has 3 rings (SSSR count). The Morgan fingerprint density at radius 1 is 1.00 bits per heavy atom. The maximum atomic E-state index is 12.6. The third-order valence-electron chi connectivity index (χ3n) is 4.39. The van der Waals surface area contributed by atoms with Crippen molar-refractivity contribution in [3.05, 3.63) is 66.2 Å². The standard InChI is InChI=1S/C22H23F3N4O/c1-3-15(2)27-21-28-19(17-10-7-11-18(12-17)30-22(23,24)25)13-20(29-21)26-14-16-8-5-4-6-9-16/h4-13,15H,3,14H2,1-2H3,(H2,26,27,28,29)/t15-/m1/s1. The zero-order valence-corrected chi connectivity index (χ0v) is 16.7. The minimum absolute atomic E-state index is 0.141. The Morgan fingerprint density at radius 2 is 1.77 bits per heavy atom. The fourth-order valence-corrected chi connectivity index (χ4v) is 2.71. The van der Waals surface area contributed by atoms with Crippen LogP contribution in [0.2, 0.25) is 0 Å². The van der Waals surface area contributed by atoms with Crippen molar-refractivity contribution in [1.29, 1.82) is 0 Å². The first-order valence-electron chi connectivity index (χ1n) is 9.62. The van der Waals surface area contributed by atoms with Gasteiger partial charge in [0.2, 0.25) is 5.95 Å². The number of rotatable bonds is 8. The predicted molar refractivity (Wildman–Crippen MR) is 111 cm³/mol. The van der Waals surface area contributed by atoms with Crippen molar-refractivity contribution in [2.24, 2.45) is 0 Å². The van der Waals surface area contributed by atoms with Crippen molar-refractivity contribution in [2.45, 2.75) is 39.2 Å². The van der Waals surface area contributed by atoms with Gasteiger partial charge >= 0.3 is 6.36 Å². The molecule has 0 aliphatic carbocycles. The highest BCUT2D eigenvalue weighted by Gasteiger charge is 2.31. The van der Waals surface area contributed by atoms with E-state index in [2.05, 4.69) is 25.3 Å². The van der Waals surface area contributed by atoms with Crippen LogP contribution >= 0.6 is 0 Å². The van der Waals surface area contributed by atoms with E-state index in [1.165, 1.54) is 18.2 Å². The fraction of sp³-hybridized carbons (Fsp3) is 0.273. The molecule has 0 amide bonds. The van der Waals surface area contributed by atoms with Crippen molar-refractivity contribution in [1.82, 2.24) is 9.97 Å². The predicted octanol–water partition coefficient (Wildman–Crippen LogP) is 5.86. The van der Waals surface area contributed by atoms with E-state index >= 15 is 0 Å². The summed E-state index contributed by atoms with van der Waals surface area (Å²) in [6.45, 7) is 4.59. The number of nitrogens with zero attached hydrogens (tertiary/aromatic N) is 2. The number of ether oxygens (including phenoxy) is 1. The van der Waals surface area contributed by atoms with Gasteiger partial charge in [0, 0.05) is 24.2 Å². The van der Waals surface area contributed by atoms with Gasteiger partial charge in [0.15, 0.2) is 0 Å². The smallest absolute Gasteiger partial charge is 0.406 e. The van der Waals surface area contributed by atoms with Crippen molar-refractivity contribution in [3.63, 3.8) is 0 Å². The van der Waals surface area contributed by atoms with E-state index in [4.69, 9.17) is 0 Å². The molecule has 2 aromatic carbocycles. The molecule has 2 N–H and O–H groups in total. The Balaban J connectivity index is 1.90. The monoisotopic (exact) mass is 416 g/mol. The molecule has 1 heterocycles. The molecular formula is C22H23F3N4O. The summed E-state index contributed by atoms with van der Waals surface area (Å²) in [6.07, 6.45) is -3.88. The summed E-state index contributed by atoms with van der Waals surface area (Å²) in [5.41, 5.74) is 2.06. The third-order valence-corrected chi connectivity index (χ3v) is 4.39. The number of anilines is 2. The molecule has 0 aliphatic rings. The highest BCUT2D eigenvalue weighted by Crippen LogP contribution is 2.29. The summed E-state index contributed by atoms with van der Waals surface area (Å²) in [7, 11) is 0. The van der Waals surface area contributed by atoms with Crippen molar-refractivity contribution >= 4 is 11.8 Å². The average molecular weight is 416 g/mol. The topological polar surface area (TPSA) is 59.1 Å². The maximum absolute atomic E-state index is 12.6. The van der Waals surface area contributed by atoms with E-state index < -0.39 is 6.36 Å². The Labute approximate surface area is 173 Å². The molecule has 1 atom stereocenters. The molecule has 8 heteroatoms. The highest BCUT2D eigenvalue weighted by molar-refractivity contribution is 5.66. The van der Waals surface area contributed by atoms with E-state index in [1.807, 2.05) is 44.2 Å². The normalized spacial score (nSPS) is 12.3. The average Bonchev–Trinajstić information content (AvgIpc) is 2.72. The van der Waals surface area contributed by atoms with Gasteiger partial charge in [-0.1, -0.05) is 49.4 Å². The number of aromatic nitrogens is 2. The molecule has 0 bridgehead atoms. The number of hydrogen-bond acceptors (Lipinski definition) is 5. The van der Waals surface area contributed by atoms with Crippen molar-refractivity contribution in [3.8, 4) is 17.0 Å². The fourth-order valence-electron chi connectivity index (χ4n) is 2.71. The van der Waals surface area contributed by atoms with Crippen LogP contribution in [0.1, 0.15) is 25.8 Å². The van der Waals surface area contributed by atoms with E-state index in [0.29, 0.717) is 29.6 Å². The number of benzene rings is 2. The van der Waals surface area contributed by atoms with Crippen LogP contribution in [0.15, 0.2) is 60.7 Å². The summed E-state index contributed by atoms with van der Waals surface area (Å²) in [4.78, 5) is 8.98. The molecule has 0 fully saturated rings. The molecule has 0 saturated carbocycles. The van der Waals surface area contributed by atoms with Crippen molar-refractivity contribution in [2.75, 3.05) is 10.6 Å². The minimum Gasteiger partial charge on any atom is -0.406 e. The number of alkyl halides is 3. The van der Waals surface area contributed by atoms with Gasteiger partial charge in [-0.2, -0.15) is 4.98 Å². The quantitative estimate of drug-likeness (QED) is 0.481. The lowest BCUT2D eigenvalue weighted by Gasteiger charge is -2.15. The molecule has 5 nitrogen and oxygen atoms in total. The molecule has 0 spiro atoms. The second-order valence-corrected chi connectivity index (χ2v) is 6.83. The summed E-state index contributed by atoms with van der Waals surface area (Å²) < 4.78 is 41.8. The first-order chi connectivity index (χ1) is 14.3. The van der Waals surface area contributed by atoms with Crippen LogP contribution in [-0.2, 0) is 6.54 Å². The summed E-state index contributed by atoms with van der Waals surface area (Å²) >= 11 is 0. The van der Waals surface area contributed by atoms with Crippen LogP contribution in [-0.4, -0.2) is 22.4 Å². The van der Waals surface area contributed by atoms with Crippen LogP contribution < -0.4 is 15.4 Å². The van der Waals surface area contributed by atoms with Crippen LogP contribution in [0.25, 0.3) is 11.3 Å². The lowest BCUT2D eigenvalue weighted by atomic mass is 10.1. The molecule has 158 valence electrons. The Hall–Kier alpha value is -3.29. The molecule has 0 aliphatic heterocycles. The first kappa shape index (κ1) is 21.4. The first-order valence-corrected chi connectivity index (χ1v) is 9.62. The number of halogens is 3. The molecule has 0 radical (unpaired) electrons. The Morgan fingerprint density at radius 3 is 2.47 bits per heavy atom. The largest absolute Gasteiger partial charge is 0.573 e. The molecule has 0 saturated heterocycles.